The number of carbonyl (C=O) groups is 1. The van der Waals surface area contributed by atoms with Crippen LogP contribution in [-0.4, -0.2) is 41.9 Å². The molecule has 1 aliphatic carbocycles. The van der Waals surface area contributed by atoms with Gasteiger partial charge in [-0.05, 0) is 12.8 Å². The third-order valence-electron chi connectivity index (χ3n) is 3.39. The van der Waals surface area contributed by atoms with Crippen LogP contribution in [0.15, 0.2) is 0 Å². The molecular weight excluding hydrogens is 301 g/mol. The number of carbonyl (C=O) groups excluding carboxylic acids is 1. The first kappa shape index (κ1) is 13.4. The number of hydrogen-bond acceptors (Lipinski definition) is 1. The summed E-state index contributed by atoms with van der Waals surface area (Å²) in [6.07, 6.45) is 6.50. The lowest BCUT2D eigenvalue weighted by molar-refractivity contribution is -0.890. The van der Waals surface area contributed by atoms with Crippen LogP contribution in [0.4, 0.5) is 0 Å². The van der Waals surface area contributed by atoms with Gasteiger partial charge in [0.05, 0.1) is 25.6 Å². The van der Waals surface area contributed by atoms with Crippen molar-refractivity contribution in [2.75, 3.05) is 25.6 Å². The Balaban J connectivity index is 2.75. The molecule has 0 aromatic carbocycles. The predicted octanol–water partition coefficient (Wildman–Crippen LogP) is 2.65. The van der Waals surface area contributed by atoms with E-state index in [1.807, 2.05) is 0 Å². The summed E-state index contributed by atoms with van der Waals surface area (Å²) in [4.78, 5) is 12.0. The van der Waals surface area contributed by atoms with Crippen LogP contribution in [0.25, 0.3) is 0 Å². The van der Waals surface area contributed by atoms with Crippen LogP contribution in [-0.2, 0) is 4.79 Å². The Morgan fingerprint density at radius 1 is 1.27 bits per heavy atom. The lowest BCUT2D eigenvalue weighted by Gasteiger charge is -2.39. The zero-order valence-electron chi connectivity index (χ0n) is 10.1. The minimum Gasteiger partial charge on any atom is -0.322 e. The van der Waals surface area contributed by atoms with Gasteiger partial charge in [0.25, 0.3) is 0 Å². The molecule has 0 saturated heterocycles. The fourth-order valence-electron chi connectivity index (χ4n) is 2.86. The number of Topliss-reactive ketones (excluding diaryl/α,β-unsaturated/α-hetero) is 1. The normalized spacial score (nSPS) is 21.3. The minimum absolute atomic E-state index is 0.224. The average molecular weight is 324 g/mol. The molecule has 0 radical (unpaired) electrons. The second-order valence-corrected chi connectivity index (χ2v) is 6.32. The molecule has 3 heteroatoms. The minimum atomic E-state index is 0.224. The van der Waals surface area contributed by atoms with Crippen LogP contribution in [0, 0.1) is 5.92 Å². The van der Waals surface area contributed by atoms with Gasteiger partial charge in [-0.15, -0.1) is 0 Å². The number of ketones is 1. The summed E-state index contributed by atoms with van der Waals surface area (Å²) in [5.41, 5.74) is 0. The van der Waals surface area contributed by atoms with E-state index in [9.17, 15) is 4.79 Å². The summed E-state index contributed by atoms with van der Waals surface area (Å²) in [5.74, 6) is 1.07. The van der Waals surface area contributed by atoms with Gasteiger partial charge in [0.15, 0.2) is 11.8 Å². The number of halogens is 1. The van der Waals surface area contributed by atoms with Crippen LogP contribution in [0.3, 0.4) is 0 Å². The van der Waals surface area contributed by atoms with Crippen molar-refractivity contribution >= 4 is 28.4 Å². The molecule has 2 nitrogen and oxygen atoms in total. The van der Waals surface area contributed by atoms with Gasteiger partial charge in [-0.2, -0.15) is 0 Å². The van der Waals surface area contributed by atoms with E-state index in [0.717, 1.165) is 4.48 Å². The van der Waals surface area contributed by atoms with Gasteiger partial charge in [0.2, 0.25) is 0 Å². The maximum Gasteiger partial charge on any atom is 0.199 e. The third kappa shape index (κ3) is 3.70. The monoisotopic (exact) mass is 324 g/mol. The Morgan fingerprint density at radius 3 is 2.20 bits per heavy atom. The Bertz CT molecular complexity index is 216. The second-order valence-electron chi connectivity index (χ2n) is 5.56. The summed E-state index contributed by atoms with van der Waals surface area (Å²) in [5, 5.41) is 0. The second kappa shape index (κ2) is 5.62. The largest absolute Gasteiger partial charge is 0.322 e. The average Bonchev–Trinajstić information content (AvgIpc) is 2.17. The Labute approximate surface area is 107 Å². The molecule has 15 heavy (non-hydrogen) atoms. The van der Waals surface area contributed by atoms with E-state index in [2.05, 4.69) is 43.7 Å². The van der Waals surface area contributed by atoms with Crippen LogP contribution in [0.2, 0.25) is 0 Å². The maximum absolute atomic E-state index is 12.0. The molecule has 0 aromatic heterocycles. The van der Waals surface area contributed by atoms with Crippen LogP contribution >= 0.6 is 22.6 Å². The van der Waals surface area contributed by atoms with E-state index in [4.69, 9.17) is 0 Å². The first-order chi connectivity index (χ1) is 6.96. The van der Waals surface area contributed by atoms with Crippen molar-refractivity contribution in [3.8, 4) is 0 Å². The summed E-state index contributed by atoms with van der Waals surface area (Å²) in [7, 11) is 6.47. The summed E-state index contributed by atoms with van der Waals surface area (Å²) in [6, 6.07) is 0.224. The van der Waals surface area contributed by atoms with E-state index in [-0.39, 0.29) is 6.04 Å². The fraction of sp³-hybridized carbons (Fsp3) is 0.917. The van der Waals surface area contributed by atoms with Crippen LogP contribution in [0.5, 0.6) is 0 Å². The molecule has 1 unspecified atom stereocenters. The van der Waals surface area contributed by atoms with E-state index in [0.29, 0.717) is 16.1 Å². The third-order valence-corrected chi connectivity index (χ3v) is 4.14. The van der Waals surface area contributed by atoms with Gasteiger partial charge >= 0.3 is 0 Å². The zero-order chi connectivity index (χ0) is 11.5. The predicted molar refractivity (Wildman–Crippen MR) is 72.3 cm³/mol. The number of rotatable bonds is 4. The number of hydrogen-bond donors (Lipinski definition) is 0. The molecule has 88 valence electrons. The van der Waals surface area contributed by atoms with E-state index >= 15 is 0 Å². The molecule has 0 aliphatic heterocycles. The quantitative estimate of drug-likeness (QED) is 0.441. The van der Waals surface area contributed by atoms with Crippen molar-refractivity contribution in [3.63, 3.8) is 0 Å². The van der Waals surface area contributed by atoms with Crippen molar-refractivity contribution in [2.45, 2.75) is 38.1 Å². The zero-order valence-corrected chi connectivity index (χ0v) is 12.3. The number of likely N-dealkylation sites (N-methyl/N-ethyl adjacent to an activating group) is 1. The van der Waals surface area contributed by atoms with Crippen molar-refractivity contribution in [3.05, 3.63) is 0 Å². The molecule has 1 atom stereocenters. The molecule has 0 bridgehead atoms. The molecule has 1 fully saturated rings. The lowest BCUT2D eigenvalue weighted by Crippen LogP contribution is -2.54. The summed E-state index contributed by atoms with van der Waals surface area (Å²) < 4.78 is 1.46. The highest BCUT2D eigenvalue weighted by atomic mass is 127. The lowest BCUT2D eigenvalue weighted by atomic mass is 9.81. The topological polar surface area (TPSA) is 17.1 Å². The number of quaternary nitrogens is 1. The molecule has 0 heterocycles. The highest BCUT2D eigenvalue weighted by Crippen LogP contribution is 2.30. The van der Waals surface area contributed by atoms with E-state index < -0.39 is 0 Å². The molecule has 1 saturated carbocycles. The van der Waals surface area contributed by atoms with Gasteiger partial charge in [0.1, 0.15) is 0 Å². The van der Waals surface area contributed by atoms with E-state index in [1.54, 1.807) is 0 Å². The highest BCUT2D eigenvalue weighted by molar-refractivity contribution is 14.1. The van der Waals surface area contributed by atoms with Gasteiger partial charge in [-0.1, -0.05) is 41.9 Å². The van der Waals surface area contributed by atoms with E-state index in [1.165, 1.54) is 32.1 Å². The van der Waals surface area contributed by atoms with Gasteiger partial charge in [0, 0.05) is 5.92 Å². The molecule has 0 spiro atoms. The molecule has 1 rings (SSSR count). The van der Waals surface area contributed by atoms with Crippen LogP contribution in [0.1, 0.15) is 32.1 Å². The van der Waals surface area contributed by atoms with Gasteiger partial charge in [-0.3, -0.25) is 4.79 Å². The standard InChI is InChI=1S/C12H23INO/c1-14(2,3)12(11(15)9-13)10-7-5-4-6-8-10/h10,12H,4-9H2,1-3H3/q+1. The SMILES string of the molecule is C[N+](C)(C)C(C(=O)CI)C1CCCCC1. The Hall–Kier alpha value is 0.360. The highest BCUT2D eigenvalue weighted by Gasteiger charge is 2.38. The number of alkyl halides is 1. The van der Waals surface area contributed by atoms with Crippen molar-refractivity contribution in [2.24, 2.45) is 5.92 Å². The first-order valence-electron chi connectivity index (χ1n) is 5.86. The van der Waals surface area contributed by atoms with Gasteiger partial charge in [-0.25, -0.2) is 0 Å². The molecule has 1 aliphatic rings. The first-order valence-corrected chi connectivity index (χ1v) is 7.39. The van der Waals surface area contributed by atoms with Gasteiger partial charge < -0.3 is 4.48 Å². The summed E-state index contributed by atoms with van der Waals surface area (Å²) in [6.45, 7) is 0. The van der Waals surface area contributed by atoms with Crippen LogP contribution < -0.4 is 0 Å². The molecule has 0 N–H and O–H groups in total. The Kier molecular flexibility index (Phi) is 5.03. The molecular formula is C12H23INO+. The van der Waals surface area contributed by atoms with Crippen molar-refractivity contribution < 1.29 is 9.28 Å². The smallest absolute Gasteiger partial charge is 0.199 e. The maximum atomic E-state index is 12.0. The molecule has 0 aromatic rings. The Morgan fingerprint density at radius 2 is 1.80 bits per heavy atom. The number of nitrogens with zero attached hydrogens (tertiary/aromatic N) is 1. The van der Waals surface area contributed by atoms with Crippen molar-refractivity contribution in [1.29, 1.82) is 0 Å². The molecule has 0 amide bonds. The van der Waals surface area contributed by atoms with Crippen molar-refractivity contribution in [1.82, 2.24) is 0 Å². The fourth-order valence-corrected chi connectivity index (χ4v) is 3.31. The summed E-state index contributed by atoms with van der Waals surface area (Å²) >= 11 is 2.21.